The summed E-state index contributed by atoms with van der Waals surface area (Å²) in [5.41, 5.74) is 13.7. The zero-order valence-electron chi connectivity index (χ0n) is 17.8. The molecule has 0 unspecified atom stereocenters. The number of anilines is 3. The van der Waals surface area contributed by atoms with Crippen LogP contribution in [0.3, 0.4) is 0 Å². The van der Waals surface area contributed by atoms with Crippen LogP contribution in [0, 0.1) is 0 Å². The second-order valence-electron chi connectivity index (χ2n) is 8.13. The van der Waals surface area contributed by atoms with E-state index in [1.54, 1.807) is 6.20 Å². The van der Waals surface area contributed by atoms with Crippen LogP contribution in [0.1, 0.15) is 11.1 Å². The predicted octanol–water partition coefficient (Wildman–Crippen LogP) is 6.02. The minimum atomic E-state index is 0.477. The number of aromatic nitrogens is 4. The third-order valence-corrected chi connectivity index (χ3v) is 5.93. The topological polar surface area (TPSA) is 95.4 Å². The van der Waals surface area contributed by atoms with Gasteiger partial charge in [0.25, 0.3) is 0 Å². The van der Waals surface area contributed by atoms with Crippen LogP contribution in [0.15, 0.2) is 91.4 Å². The largest absolute Gasteiger partial charge is 0.383 e. The average molecular weight is 431 g/mol. The number of nitrogens with zero attached hydrogens (tertiary/aromatic N) is 2. The smallest absolute Gasteiger partial charge is 0.229 e. The molecular weight excluding hydrogens is 408 g/mol. The van der Waals surface area contributed by atoms with E-state index in [2.05, 4.69) is 73.8 Å². The predicted molar refractivity (Wildman–Crippen MR) is 135 cm³/mol. The summed E-state index contributed by atoms with van der Waals surface area (Å²) < 4.78 is 0. The van der Waals surface area contributed by atoms with E-state index in [9.17, 15) is 0 Å². The molecule has 3 aromatic heterocycles. The number of aromatic amines is 2. The number of nitrogens with one attached hydrogen (secondary N) is 3. The van der Waals surface area contributed by atoms with E-state index in [1.165, 1.54) is 10.9 Å². The fraction of sp³-hybridized carbons (Fsp3) is 0.0370. The van der Waals surface area contributed by atoms with Crippen LogP contribution in [-0.2, 0) is 6.42 Å². The molecule has 6 heteroatoms. The van der Waals surface area contributed by atoms with E-state index in [4.69, 9.17) is 5.73 Å². The number of nitrogen functional groups attached to an aromatic ring is 1. The van der Waals surface area contributed by atoms with Crippen LogP contribution in [0.25, 0.3) is 32.9 Å². The van der Waals surface area contributed by atoms with E-state index in [1.807, 2.05) is 36.7 Å². The van der Waals surface area contributed by atoms with Crippen molar-refractivity contribution in [1.82, 2.24) is 19.9 Å². The molecule has 0 amide bonds. The van der Waals surface area contributed by atoms with Gasteiger partial charge in [-0.15, -0.1) is 0 Å². The van der Waals surface area contributed by atoms with Gasteiger partial charge in [0, 0.05) is 47.0 Å². The van der Waals surface area contributed by atoms with Crippen molar-refractivity contribution in [3.05, 3.63) is 103 Å². The van der Waals surface area contributed by atoms with Crippen molar-refractivity contribution in [2.45, 2.75) is 6.42 Å². The van der Waals surface area contributed by atoms with Gasteiger partial charge < -0.3 is 21.0 Å². The molecule has 0 radical (unpaired) electrons. The van der Waals surface area contributed by atoms with Crippen LogP contribution < -0.4 is 11.1 Å². The molecule has 6 aromatic rings. The first-order valence-corrected chi connectivity index (χ1v) is 10.8. The molecule has 0 bridgehead atoms. The molecule has 3 aromatic carbocycles. The monoisotopic (exact) mass is 430 g/mol. The molecule has 3 heterocycles. The third-order valence-electron chi connectivity index (χ3n) is 5.93. The van der Waals surface area contributed by atoms with Gasteiger partial charge in [-0.25, -0.2) is 4.98 Å². The Labute approximate surface area is 190 Å². The molecule has 33 heavy (non-hydrogen) atoms. The highest BCUT2D eigenvalue weighted by molar-refractivity contribution is 5.97. The maximum Gasteiger partial charge on any atom is 0.229 e. The van der Waals surface area contributed by atoms with E-state index >= 15 is 0 Å². The fourth-order valence-electron chi connectivity index (χ4n) is 4.24. The number of hydrogen-bond donors (Lipinski definition) is 4. The molecule has 6 rings (SSSR count). The van der Waals surface area contributed by atoms with Gasteiger partial charge in [-0.05, 0) is 58.5 Å². The Morgan fingerprint density at radius 1 is 0.818 bits per heavy atom. The second kappa shape index (κ2) is 7.84. The zero-order chi connectivity index (χ0) is 22.2. The third kappa shape index (κ3) is 3.68. The van der Waals surface area contributed by atoms with Crippen LogP contribution in [-0.4, -0.2) is 19.9 Å². The van der Waals surface area contributed by atoms with E-state index in [0.717, 1.165) is 38.8 Å². The molecule has 0 aliphatic heterocycles. The molecule has 0 aliphatic carbocycles. The van der Waals surface area contributed by atoms with E-state index in [0.29, 0.717) is 18.2 Å². The van der Waals surface area contributed by atoms with E-state index in [-0.39, 0.29) is 0 Å². The van der Waals surface area contributed by atoms with Crippen molar-refractivity contribution in [2.24, 2.45) is 0 Å². The summed E-state index contributed by atoms with van der Waals surface area (Å²) in [6.07, 6.45) is 6.37. The van der Waals surface area contributed by atoms with Gasteiger partial charge in [-0.3, -0.25) is 0 Å². The maximum atomic E-state index is 6.33. The van der Waals surface area contributed by atoms with Crippen molar-refractivity contribution in [3.63, 3.8) is 0 Å². The molecule has 0 fully saturated rings. The summed E-state index contributed by atoms with van der Waals surface area (Å²) in [5.74, 6) is 0.955. The standard InChI is InChI=1S/C27H22N6/c28-26-21(13-17-6-7-23-19(12-17)8-10-29-23)16-31-27(33-26)32-25-15-20(18-4-2-1-3-5-18)14-24-22(25)9-11-30-24/h1-12,14-16,29-30H,13H2,(H3,28,31,32,33). The summed E-state index contributed by atoms with van der Waals surface area (Å²) in [6.45, 7) is 0. The van der Waals surface area contributed by atoms with Crippen LogP contribution in [0.2, 0.25) is 0 Å². The Kier molecular flexibility index (Phi) is 4.54. The Morgan fingerprint density at radius 3 is 2.55 bits per heavy atom. The van der Waals surface area contributed by atoms with Gasteiger partial charge >= 0.3 is 0 Å². The Morgan fingerprint density at radius 2 is 1.67 bits per heavy atom. The van der Waals surface area contributed by atoms with Gasteiger partial charge in [0.15, 0.2) is 0 Å². The summed E-state index contributed by atoms with van der Waals surface area (Å²) in [6, 6.07) is 25.0. The molecule has 0 aliphatic rings. The minimum absolute atomic E-state index is 0.477. The van der Waals surface area contributed by atoms with Gasteiger partial charge in [-0.2, -0.15) is 4.98 Å². The highest BCUT2D eigenvalue weighted by Crippen LogP contribution is 2.32. The quantitative estimate of drug-likeness (QED) is 0.269. The number of hydrogen-bond acceptors (Lipinski definition) is 4. The SMILES string of the molecule is Nc1nc(Nc2cc(-c3ccccc3)cc3[nH]ccc23)ncc1Cc1ccc2[nH]ccc2c1. The van der Waals surface area contributed by atoms with Crippen molar-refractivity contribution in [2.75, 3.05) is 11.1 Å². The van der Waals surface area contributed by atoms with Crippen LogP contribution in [0.4, 0.5) is 17.5 Å². The Bertz CT molecular complexity index is 1580. The first-order chi connectivity index (χ1) is 16.2. The number of fused-ring (bicyclic) bond motifs is 2. The van der Waals surface area contributed by atoms with Gasteiger partial charge in [0.05, 0.1) is 5.69 Å². The lowest BCUT2D eigenvalue weighted by Crippen LogP contribution is -2.05. The molecular formula is C27H22N6. The lowest BCUT2D eigenvalue weighted by atomic mass is 10.0. The maximum absolute atomic E-state index is 6.33. The highest BCUT2D eigenvalue weighted by Gasteiger charge is 2.11. The zero-order valence-corrected chi connectivity index (χ0v) is 17.8. The van der Waals surface area contributed by atoms with Crippen molar-refractivity contribution < 1.29 is 0 Å². The van der Waals surface area contributed by atoms with Gasteiger partial charge in [-0.1, -0.05) is 36.4 Å². The lowest BCUT2D eigenvalue weighted by molar-refractivity contribution is 1.09. The summed E-state index contributed by atoms with van der Waals surface area (Å²) in [5, 5.41) is 5.62. The summed E-state index contributed by atoms with van der Waals surface area (Å²) in [4.78, 5) is 15.6. The average Bonchev–Trinajstić information content (AvgIpc) is 3.50. The normalized spacial score (nSPS) is 11.3. The van der Waals surface area contributed by atoms with E-state index < -0.39 is 0 Å². The molecule has 0 spiro atoms. The van der Waals surface area contributed by atoms with Crippen LogP contribution in [0.5, 0.6) is 0 Å². The van der Waals surface area contributed by atoms with Crippen molar-refractivity contribution >= 4 is 39.3 Å². The number of nitrogens with two attached hydrogens (primary N) is 1. The molecule has 0 saturated heterocycles. The summed E-state index contributed by atoms with van der Waals surface area (Å²) >= 11 is 0. The van der Waals surface area contributed by atoms with Gasteiger partial charge in [0.2, 0.25) is 5.95 Å². The highest BCUT2D eigenvalue weighted by atomic mass is 15.1. The van der Waals surface area contributed by atoms with Crippen molar-refractivity contribution in [1.29, 1.82) is 0 Å². The van der Waals surface area contributed by atoms with Crippen LogP contribution >= 0.6 is 0 Å². The summed E-state index contributed by atoms with van der Waals surface area (Å²) in [7, 11) is 0. The molecule has 0 atom stereocenters. The Balaban J connectivity index is 1.30. The molecule has 5 N–H and O–H groups in total. The Hall–Kier alpha value is -4.58. The molecule has 0 saturated carbocycles. The lowest BCUT2D eigenvalue weighted by Gasteiger charge is -2.12. The minimum Gasteiger partial charge on any atom is -0.383 e. The molecule has 6 nitrogen and oxygen atoms in total. The molecule has 160 valence electrons. The number of benzene rings is 3. The second-order valence-corrected chi connectivity index (χ2v) is 8.13. The van der Waals surface area contributed by atoms with Gasteiger partial charge in [0.1, 0.15) is 5.82 Å². The first-order valence-electron chi connectivity index (χ1n) is 10.8. The first kappa shape index (κ1) is 19.1. The number of H-pyrrole nitrogens is 2. The fourth-order valence-corrected chi connectivity index (χ4v) is 4.24. The number of rotatable bonds is 5. The van der Waals surface area contributed by atoms with Crippen molar-refractivity contribution in [3.8, 4) is 11.1 Å².